The molecule has 0 radical (unpaired) electrons. The van der Waals surface area contributed by atoms with Gasteiger partial charge in [0.05, 0.1) is 5.69 Å². The zero-order valence-corrected chi connectivity index (χ0v) is 11.7. The second-order valence-electron chi connectivity index (χ2n) is 5.01. The van der Waals surface area contributed by atoms with E-state index in [9.17, 15) is 4.39 Å². The van der Waals surface area contributed by atoms with Gasteiger partial charge in [-0.15, -0.1) is 0 Å². The minimum Gasteiger partial charge on any atom is -0.383 e. The van der Waals surface area contributed by atoms with E-state index in [1.165, 1.54) is 6.07 Å². The molecule has 1 aromatic heterocycles. The van der Waals surface area contributed by atoms with Crippen molar-refractivity contribution in [2.75, 3.05) is 5.73 Å². The zero-order chi connectivity index (χ0) is 14.2. The molecule has 0 saturated heterocycles. The lowest BCUT2D eigenvalue weighted by molar-refractivity contribution is 0.619. The molecule has 0 unspecified atom stereocenters. The largest absolute Gasteiger partial charge is 0.383 e. The Hall–Kier alpha value is -1.97. The number of nitrogens with two attached hydrogens (primary N) is 1. The first-order valence-corrected chi connectivity index (χ1v) is 6.31. The van der Waals surface area contributed by atoms with Gasteiger partial charge in [0.2, 0.25) is 0 Å². The molecule has 2 rings (SSSR count). The number of halogens is 1. The van der Waals surface area contributed by atoms with Crippen LogP contribution in [-0.4, -0.2) is 9.97 Å². The Morgan fingerprint density at radius 3 is 2.42 bits per heavy atom. The van der Waals surface area contributed by atoms with Gasteiger partial charge in [0.15, 0.2) is 0 Å². The lowest BCUT2D eigenvalue weighted by atomic mass is 10.0. The first-order chi connectivity index (χ1) is 8.91. The van der Waals surface area contributed by atoms with Gasteiger partial charge in [-0.1, -0.05) is 26.0 Å². The summed E-state index contributed by atoms with van der Waals surface area (Å²) in [5.74, 6) is 1.08. The van der Waals surface area contributed by atoms with Crippen LogP contribution in [0.15, 0.2) is 18.2 Å². The molecule has 0 aliphatic heterocycles. The van der Waals surface area contributed by atoms with E-state index in [-0.39, 0.29) is 11.7 Å². The maximum atomic E-state index is 13.7. The monoisotopic (exact) mass is 259 g/mol. The Morgan fingerprint density at radius 1 is 1.11 bits per heavy atom. The fourth-order valence-electron chi connectivity index (χ4n) is 1.94. The SMILES string of the molecule is Cc1c(F)cccc1-c1nc(C(C)C)nc(N)c1C. The maximum absolute atomic E-state index is 13.7. The van der Waals surface area contributed by atoms with Crippen LogP contribution in [-0.2, 0) is 0 Å². The van der Waals surface area contributed by atoms with Crippen LogP contribution in [0.4, 0.5) is 10.2 Å². The normalized spacial score (nSPS) is 11.1. The average molecular weight is 259 g/mol. The molecule has 0 amide bonds. The highest BCUT2D eigenvalue weighted by atomic mass is 19.1. The van der Waals surface area contributed by atoms with Crippen LogP contribution in [0.25, 0.3) is 11.3 Å². The fourth-order valence-corrected chi connectivity index (χ4v) is 1.94. The van der Waals surface area contributed by atoms with Gasteiger partial charge in [-0.3, -0.25) is 0 Å². The van der Waals surface area contributed by atoms with E-state index in [0.717, 1.165) is 11.1 Å². The second-order valence-corrected chi connectivity index (χ2v) is 5.01. The van der Waals surface area contributed by atoms with Crippen LogP contribution in [0.3, 0.4) is 0 Å². The summed E-state index contributed by atoms with van der Waals surface area (Å²) < 4.78 is 13.7. The minimum absolute atomic E-state index is 0.176. The van der Waals surface area contributed by atoms with E-state index in [0.29, 0.717) is 22.9 Å². The highest BCUT2D eigenvalue weighted by Crippen LogP contribution is 2.29. The van der Waals surface area contributed by atoms with E-state index >= 15 is 0 Å². The quantitative estimate of drug-likeness (QED) is 0.896. The van der Waals surface area contributed by atoms with Crippen molar-refractivity contribution in [3.8, 4) is 11.3 Å². The maximum Gasteiger partial charge on any atom is 0.133 e. The van der Waals surface area contributed by atoms with Gasteiger partial charge >= 0.3 is 0 Å². The van der Waals surface area contributed by atoms with Crippen LogP contribution in [0.5, 0.6) is 0 Å². The molecular weight excluding hydrogens is 241 g/mol. The van der Waals surface area contributed by atoms with Crippen LogP contribution >= 0.6 is 0 Å². The standard InChI is InChI=1S/C15H18FN3/c1-8(2)15-18-13(10(4)14(17)19-15)11-6-5-7-12(16)9(11)3/h5-8H,1-4H3,(H2,17,18,19). The molecule has 1 heterocycles. The molecule has 0 aliphatic carbocycles. The number of hydrogen-bond donors (Lipinski definition) is 1. The summed E-state index contributed by atoms with van der Waals surface area (Å²) in [4.78, 5) is 8.83. The number of nitrogen functional groups attached to an aromatic ring is 1. The molecule has 100 valence electrons. The molecule has 0 bridgehead atoms. The topological polar surface area (TPSA) is 51.8 Å². The predicted molar refractivity (Wildman–Crippen MR) is 75.4 cm³/mol. The average Bonchev–Trinajstić information content (AvgIpc) is 2.36. The first-order valence-electron chi connectivity index (χ1n) is 6.31. The van der Waals surface area contributed by atoms with Gasteiger partial charge in [0.25, 0.3) is 0 Å². The van der Waals surface area contributed by atoms with E-state index < -0.39 is 0 Å². The Morgan fingerprint density at radius 2 is 1.79 bits per heavy atom. The van der Waals surface area contributed by atoms with Gasteiger partial charge in [-0.05, 0) is 25.5 Å². The lowest BCUT2D eigenvalue weighted by Crippen LogP contribution is -2.07. The van der Waals surface area contributed by atoms with Crippen LogP contribution < -0.4 is 5.73 Å². The number of rotatable bonds is 2. The fraction of sp³-hybridized carbons (Fsp3) is 0.333. The lowest BCUT2D eigenvalue weighted by Gasteiger charge is -2.13. The Labute approximate surface area is 112 Å². The van der Waals surface area contributed by atoms with Crippen molar-refractivity contribution in [3.63, 3.8) is 0 Å². The summed E-state index contributed by atoms with van der Waals surface area (Å²) in [7, 11) is 0. The summed E-state index contributed by atoms with van der Waals surface area (Å²) in [6, 6.07) is 4.99. The molecule has 3 nitrogen and oxygen atoms in total. The molecule has 0 spiro atoms. The molecule has 0 aliphatic rings. The van der Waals surface area contributed by atoms with Crippen LogP contribution in [0, 0.1) is 19.7 Å². The van der Waals surface area contributed by atoms with Crippen molar-refractivity contribution in [3.05, 3.63) is 41.0 Å². The minimum atomic E-state index is -0.236. The Balaban J connectivity index is 2.71. The highest BCUT2D eigenvalue weighted by Gasteiger charge is 2.15. The summed E-state index contributed by atoms with van der Waals surface area (Å²) in [5, 5.41) is 0. The molecule has 4 heteroatoms. The molecule has 2 N–H and O–H groups in total. The molecule has 0 atom stereocenters. The van der Waals surface area contributed by atoms with Crippen LogP contribution in [0.1, 0.15) is 36.7 Å². The Kier molecular flexibility index (Phi) is 3.51. The van der Waals surface area contributed by atoms with Gasteiger partial charge < -0.3 is 5.73 Å². The number of nitrogens with zero attached hydrogens (tertiary/aromatic N) is 2. The van der Waals surface area contributed by atoms with Crippen molar-refractivity contribution in [1.82, 2.24) is 9.97 Å². The van der Waals surface area contributed by atoms with E-state index in [1.54, 1.807) is 13.0 Å². The van der Waals surface area contributed by atoms with Gasteiger partial charge in [0.1, 0.15) is 17.5 Å². The number of benzene rings is 1. The van der Waals surface area contributed by atoms with Crippen molar-refractivity contribution >= 4 is 5.82 Å². The summed E-state index contributed by atoms with van der Waals surface area (Å²) >= 11 is 0. The second kappa shape index (κ2) is 4.96. The first kappa shape index (κ1) is 13.5. The van der Waals surface area contributed by atoms with Crippen molar-refractivity contribution < 1.29 is 4.39 Å². The number of aromatic nitrogens is 2. The van der Waals surface area contributed by atoms with Crippen LogP contribution in [0.2, 0.25) is 0 Å². The van der Waals surface area contributed by atoms with Gasteiger partial charge in [-0.2, -0.15) is 0 Å². The highest BCUT2D eigenvalue weighted by molar-refractivity contribution is 5.70. The van der Waals surface area contributed by atoms with E-state index in [2.05, 4.69) is 9.97 Å². The summed E-state index contributed by atoms with van der Waals surface area (Å²) in [5.41, 5.74) is 8.80. The molecule has 0 fully saturated rings. The predicted octanol–water partition coefficient (Wildman–Crippen LogP) is 3.61. The van der Waals surface area contributed by atoms with E-state index in [1.807, 2.05) is 26.8 Å². The molecule has 2 aromatic rings. The van der Waals surface area contributed by atoms with Crippen molar-refractivity contribution in [1.29, 1.82) is 0 Å². The zero-order valence-electron chi connectivity index (χ0n) is 11.7. The molecular formula is C15H18FN3. The number of anilines is 1. The third-order valence-corrected chi connectivity index (χ3v) is 3.24. The van der Waals surface area contributed by atoms with Gasteiger partial charge in [0, 0.05) is 17.0 Å². The third kappa shape index (κ3) is 2.43. The van der Waals surface area contributed by atoms with Crippen molar-refractivity contribution in [2.24, 2.45) is 0 Å². The third-order valence-electron chi connectivity index (χ3n) is 3.24. The summed E-state index contributed by atoms with van der Waals surface area (Å²) in [6.07, 6.45) is 0. The van der Waals surface area contributed by atoms with Crippen molar-refractivity contribution in [2.45, 2.75) is 33.6 Å². The van der Waals surface area contributed by atoms with E-state index in [4.69, 9.17) is 5.73 Å². The molecule has 1 aromatic carbocycles. The molecule has 19 heavy (non-hydrogen) atoms. The van der Waals surface area contributed by atoms with Gasteiger partial charge in [-0.25, -0.2) is 14.4 Å². The smallest absolute Gasteiger partial charge is 0.133 e. The molecule has 0 saturated carbocycles. The summed E-state index contributed by atoms with van der Waals surface area (Å²) in [6.45, 7) is 7.62. The Bertz CT molecular complexity index is 621. The number of hydrogen-bond acceptors (Lipinski definition) is 3.